The Bertz CT molecular complexity index is 1610. The summed E-state index contributed by atoms with van der Waals surface area (Å²) in [6.07, 6.45) is 4.15. The van der Waals surface area contributed by atoms with Gasteiger partial charge in [0.15, 0.2) is 17.0 Å². The van der Waals surface area contributed by atoms with E-state index in [0.717, 1.165) is 0 Å². The van der Waals surface area contributed by atoms with E-state index in [1.165, 1.54) is 32.1 Å². The van der Waals surface area contributed by atoms with Crippen molar-refractivity contribution in [3.63, 3.8) is 0 Å². The molecular weight excluding hydrogens is 420 g/mol. The number of nitrogens with one attached hydrogen (secondary N) is 2. The number of hydrogen-bond donors (Lipinski definition) is 3. The number of aromatic nitrogens is 1. The summed E-state index contributed by atoms with van der Waals surface area (Å²) in [6, 6.07) is 10.4. The highest BCUT2D eigenvalue weighted by Crippen LogP contribution is 2.28. The number of H-pyrrole nitrogens is 1. The lowest BCUT2D eigenvalue weighted by Gasteiger charge is -2.20. The van der Waals surface area contributed by atoms with E-state index in [-0.39, 0.29) is 49.7 Å². The number of nitrogens with zero attached hydrogens (tertiary/aromatic N) is 6. The number of aromatic amines is 1. The predicted molar refractivity (Wildman–Crippen MR) is 113 cm³/mol. The quantitative estimate of drug-likeness (QED) is 0.558. The molecular formula is C23H12N8O2. The van der Waals surface area contributed by atoms with E-state index in [1.54, 1.807) is 24.3 Å². The number of nitriles is 6. The minimum atomic E-state index is -0.642. The molecule has 0 spiro atoms. The molecule has 0 saturated heterocycles. The second-order valence-corrected chi connectivity index (χ2v) is 6.45. The van der Waals surface area contributed by atoms with Crippen LogP contribution in [-0.2, 0) is 0 Å². The van der Waals surface area contributed by atoms with Crippen LogP contribution < -0.4 is 21.4 Å². The van der Waals surface area contributed by atoms with Crippen molar-refractivity contribution in [2.45, 2.75) is 13.8 Å². The summed E-state index contributed by atoms with van der Waals surface area (Å²) in [6.45, 7) is 3.01. The number of hydrogen-bond acceptors (Lipinski definition) is 9. The second kappa shape index (κ2) is 9.80. The van der Waals surface area contributed by atoms with Crippen molar-refractivity contribution in [3.05, 3.63) is 78.1 Å². The normalized spacial score (nSPS) is 13.2. The van der Waals surface area contributed by atoms with Crippen LogP contribution in [0, 0.1) is 74.9 Å². The smallest absolute Gasteiger partial charge is 0.256 e. The summed E-state index contributed by atoms with van der Waals surface area (Å²) in [4.78, 5) is 14.9. The first-order valence-electron chi connectivity index (χ1n) is 9.01. The minimum Gasteiger partial charge on any atom is -0.494 e. The maximum absolute atomic E-state index is 12.5. The molecule has 1 aliphatic rings. The first-order chi connectivity index (χ1) is 15.8. The van der Waals surface area contributed by atoms with Crippen LogP contribution in [0.5, 0.6) is 0 Å². The molecule has 10 heteroatoms. The zero-order valence-corrected chi connectivity index (χ0v) is 17.3. The second-order valence-electron chi connectivity index (χ2n) is 6.45. The van der Waals surface area contributed by atoms with Gasteiger partial charge in [0.05, 0.1) is 22.2 Å². The molecule has 0 amide bonds. The van der Waals surface area contributed by atoms with E-state index in [2.05, 4.69) is 10.3 Å². The first-order valence-corrected chi connectivity index (χ1v) is 9.01. The van der Waals surface area contributed by atoms with E-state index >= 15 is 0 Å². The largest absolute Gasteiger partial charge is 0.494 e. The summed E-state index contributed by atoms with van der Waals surface area (Å²) >= 11 is 0. The fraction of sp³-hybridized carbons (Fsp3) is 0.0870. The van der Waals surface area contributed by atoms with Gasteiger partial charge in [-0.3, -0.25) is 4.79 Å². The summed E-state index contributed by atoms with van der Waals surface area (Å²) in [5.41, 5.74) is -0.858. The average Bonchev–Trinajstić information content (AvgIpc) is 2.79. The van der Waals surface area contributed by atoms with Crippen LogP contribution in [0.2, 0.25) is 0 Å². The van der Waals surface area contributed by atoms with Gasteiger partial charge in [-0.2, -0.15) is 31.6 Å². The van der Waals surface area contributed by atoms with Gasteiger partial charge < -0.3 is 15.4 Å². The summed E-state index contributed by atoms with van der Waals surface area (Å²) in [7, 11) is 0. The van der Waals surface area contributed by atoms with E-state index in [4.69, 9.17) is 21.0 Å². The van der Waals surface area contributed by atoms with Gasteiger partial charge >= 0.3 is 0 Å². The van der Waals surface area contributed by atoms with Crippen molar-refractivity contribution in [1.82, 2.24) is 10.3 Å². The van der Waals surface area contributed by atoms with Gasteiger partial charge in [-0.15, -0.1) is 0 Å². The molecule has 0 atom stereocenters. The molecule has 33 heavy (non-hydrogen) atoms. The number of aliphatic hydroxyl groups excluding tert-OH is 1. The van der Waals surface area contributed by atoms with E-state index in [0.29, 0.717) is 0 Å². The Morgan fingerprint density at radius 2 is 1.55 bits per heavy atom. The third-order valence-electron chi connectivity index (χ3n) is 4.74. The monoisotopic (exact) mass is 432 g/mol. The standard InChI is InChI=1S/C23H12N8O2/c1-12-16(22(32)30-20(18(12)10-28)14(6-24)7-25)4-3-5-17-13(2)19(11-29)21(31-23(17)33)15(8-26)9-27/h3-5,30,32H,1-2H3,(H,31,33)/b4-3+,17-5-. The van der Waals surface area contributed by atoms with Crippen LogP contribution in [0.25, 0.3) is 11.6 Å². The topological polar surface area (TPSA) is 208 Å². The molecule has 0 aliphatic carbocycles. The molecule has 1 aromatic heterocycles. The van der Waals surface area contributed by atoms with Crippen molar-refractivity contribution in [3.8, 4) is 36.4 Å². The number of dihydropyridines is 1. The number of rotatable bonds is 2. The lowest BCUT2D eigenvalue weighted by Crippen LogP contribution is -2.38. The van der Waals surface area contributed by atoms with Gasteiger partial charge in [0.25, 0.3) is 5.56 Å². The molecule has 3 N–H and O–H groups in total. The molecule has 0 unspecified atom stereocenters. The molecule has 0 bridgehead atoms. The number of aliphatic hydroxyl groups is 1. The first kappa shape index (κ1) is 23.5. The van der Waals surface area contributed by atoms with Crippen LogP contribution in [0.1, 0.15) is 18.1 Å². The fourth-order valence-electron chi connectivity index (χ4n) is 3.06. The van der Waals surface area contributed by atoms with Gasteiger partial charge in [-0.05, 0) is 37.1 Å². The third-order valence-corrected chi connectivity index (χ3v) is 4.74. The van der Waals surface area contributed by atoms with Gasteiger partial charge in [0.2, 0.25) is 0 Å². The van der Waals surface area contributed by atoms with E-state index in [9.17, 15) is 20.4 Å². The van der Waals surface area contributed by atoms with Gasteiger partial charge in [-0.1, -0.05) is 6.08 Å². The Kier molecular flexibility index (Phi) is 6.97. The molecule has 1 aromatic rings. The molecule has 0 aromatic carbocycles. The Morgan fingerprint density at radius 1 is 0.939 bits per heavy atom. The minimum absolute atomic E-state index is 0.00762. The van der Waals surface area contributed by atoms with Crippen LogP contribution in [0.3, 0.4) is 0 Å². The Hall–Kier alpha value is -5.81. The molecule has 1 aliphatic heterocycles. The Balaban J connectivity index is 2.72. The highest BCUT2D eigenvalue weighted by Gasteiger charge is 2.24. The Morgan fingerprint density at radius 3 is 2.06 bits per heavy atom. The zero-order valence-electron chi connectivity index (χ0n) is 17.3. The van der Waals surface area contributed by atoms with Crippen molar-refractivity contribution in [1.29, 1.82) is 31.6 Å². The molecule has 10 nitrogen and oxygen atoms in total. The molecule has 156 valence electrons. The molecule has 0 fully saturated rings. The van der Waals surface area contributed by atoms with Gasteiger partial charge in [0, 0.05) is 10.8 Å². The van der Waals surface area contributed by atoms with Crippen LogP contribution >= 0.6 is 0 Å². The maximum atomic E-state index is 12.5. The van der Waals surface area contributed by atoms with Crippen molar-refractivity contribution in [2.24, 2.45) is 0 Å². The van der Waals surface area contributed by atoms with Gasteiger partial charge in [0.1, 0.15) is 36.4 Å². The molecule has 0 saturated carbocycles. The molecule has 2 heterocycles. The van der Waals surface area contributed by atoms with Gasteiger partial charge in [-0.25, -0.2) is 0 Å². The maximum Gasteiger partial charge on any atom is 0.256 e. The fourth-order valence-corrected chi connectivity index (χ4v) is 3.06. The Labute approximate surface area is 187 Å². The lowest BCUT2D eigenvalue weighted by atomic mass is 9.94. The predicted octanol–water partition coefficient (Wildman–Crippen LogP) is 0.604. The van der Waals surface area contributed by atoms with E-state index in [1.807, 2.05) is 12.1 Å². The summed E-state index contributed by atoms with van der Waals surface area (Å²) in [5, 5.41) is 67.9. The van der Waals surface area contributed by atoms with Crippen molar-refractivity contribution >= 4 is 11.6 Å². The van der Waals surface area contributed by atoms with Crippen molar-refractivity contribution in [2.75, 3.05) is 0 Å². The zero-order chi connectivity index (χ0) is 24.7. The molecule has 2 rings (SSSR count). The summed E-state index contributed by atoms with van der Waals surface area (Å²) in [5.74, 6) is -0.407. The third kappa shape index (κ3) is 4.23. The van der Waals surface area contributed by atoms with Crippen LogP contribution in [0.4, 0.5) is 0 Å². The highest BCUT2D eigenvalue weighted by molar-refractivity contribution is 5.73. The van der Waals surface area contributed by atoms with Crippen molar-refractivity contribution < 1.29 is 5.11 Å². The van der Waals surface area contributed by atoms with E-state index < -0.39 is 17.0 Å². The number of allylic oxidation sites excluding steroid dienone is 6. The number of pyridine rings is 1. The molecule has 0 radical (unpaired) electrons. The summed E-state index contributed by atoms with van der Waals surface area (Å²) < 4.78 is 0. The average molecular weight is 432 g/mol. The van der Waals surface area contributed by atoms with Crippen LogP contribution in [0.15, 0.2) is 50.8 Å². The van der Waals surface area contributed by atoms with Crippen LogP contribution in [-0.4, -0.2) is 10.1 Å². The highest BCUT2D eigenvalue weighted by atomic mass is 16.3. The lowest BCUT2D eigenvalue weighted by molar-refractivity contribution is 0.372. The SMILES string of the molecule is CC1=C(C#N)C(=C(C#N)C#N)NC(O)=C1/C=C/C=c1/c(C)c(C#N)c(=C(C#N)C#N)[nH]c1=O.